The van der Waals surface area contributed by atoms with Crippen molar-refractivity contribution < 1.29 is 9.90 Å². The summed E-state index contributed by atoms with van der Waals surface area (Å²) in [6, 6.07) is 7.81. The Kier molecular flexibility index (Phi) is 3.70. The van der Waals surface area contributed by atoms with E-state index in [-0.39, 0.29) is 11.3 Å². The summed E-state index contributed by atoms with van der Waals surface area (Å²) in [6.07, 6.45) is 0. The summed E-state index contributed by atoms with van der Waals surface area (Å²) >= 11 is 0. The Balaban J connectivity index is 3.04. The van der Waals surface area contributed by atoms with E-state index in [1.165, 1.54) is 10.5 Å². The molecule has 3 heteroatoms. The molecule has 0 aliphatic heterocycles. The summed E-state index contributed by atoms with van der Waals surface area (Å²) in [5.74, 6) is -0.300. The van der Waals surface area contributed by atoms with Crippen molar-refractivity contribution >= 4 is 11.6 Å². The quantitative estimate of drug-likeness (QED) is 0.829. The van der Waals surface area contributed by atoms with Gasteiger partial charge in [0.25, 0.3) is 5.91 Å². The summed E-state index contributed by atoms with van der Waals surface area (Å²) in [5.41, 5.74) is 2.04. The van der Waals surface area contributed by atoms with Crippen molar-refractivity contribution in [1.29, 1.82) is 0 Å². The fourth-order valence-electron chi connectivity index (χ4n) is 1.43. The molecule has 0 aliphatic carbocycles. The van der Waals surface area contributed by atoms with Crippen molar-refractivity contribution in [2.45, 2.75) is 26.2 Å². The zero-order chi connectivity index (χ0) is 12.3. The van der Waals surface area contributed by atoms with Crippen LogP contribution >= 0.6 is 0 Å². The molecule has 1 rings (SSSR count). The molecule has 0 bridgehead atoms. The van der Waals surface area contributed by atoms with Crippen LogP contribution in [0.4, 0.5) is 5.69 Å². The SMILES string of the molecule is CN(C(=O)CO)c1cccc(C(C)(C)C)c1. The summed E-state index contributed by atoms with van der Waals surface area (Å²) in [7, 11) is 1.67. The number of likely N-dealkylation sites (N-methyl/N-ethyl adjacent to an activating group) is 1. The van der Waals surface area contributed by atoms with Gasteiger partial charge < -0.3 is 10.0 Å². The van der Waals surface area contributed by atoms with Crippen LogP contribution in [-0.2, 0) is 10.2 Å². The molecule has 1 N–H and O–H groups in total. The van der Waals surface area contributed by atoms with Crippen LogP contribution in [0.25, 0.3) is 0 Å². The molecule has 0 saturated heterocycles. The lowest BCUT2D eigenvalue weighted by Crippen LogP contribution is -2.29. The Bertz CT molecular complexity index is 380. The van der Waals surface area contributed by atoms with Gasteiger partial charge in [0.2, 0.25) is 0 Å². The monoisotopic (exact) mass is 221 g/mol. The molecule has 0 atom stereocenters. The fourth-order valence-corrected chi connectivity index (χ4v) is 1.43. The number of amides is 1. The third-order valence-corrected chi connectivity index (χ3v) is 2.61. The Morgan fingerprint density at radius 3 is 2.50 bits per heavy atom. The van der Waals surface area contributed by atoms with Gasteiger partial charge in [0, 0.05) is 12.7 Å². The topological polar surface area (TPSA) is 40.5 Å². The van der Waals surface area contributed by atoms with E-state index in [9.17, 15) is 4.79 Å². The second-order valence-corrected chi connectivity index (χ2v) is 4.91. The first kappa shape index (κ1) is 12.7. The average Bonchev–Trinajstić information content (AvgIpc) is 2.26. The number of carbonyl (C=O) groups is 1. The molecule has 1 aromatic carbocycles. The van der Waals surface area contributed by atoms with Crippen molar-refractivity contribution in [3.8, 4) is 0 Å². The van der Waals surface area contributed by atoms with Gasteiger partial charge >= 0.3 is 0 Å². The van der Waals surface area contributed by atoms with Gasteiger partial charge in [-0.3, -0.25) is 4.79 Å². The second-order valence-electron chi connectivity index (χ2n) is 4.91. The second kappa shape index (κ2) is 4.66. The molecule has 0 radical (unpaired) electrons. The van der Waals surface area contributed by atoms with E-state index < -0.39 is 6.61 Å². The van der Waals surface area contributed by atoms with Crippen LogP contribution in [0.3, 0.4) is 0 Å². The number of nitrogens with zero attached hydrogens (tertiary/aromatic N) is 1. The molecule has 88 valence electrons. The molecular weight excluding hydrogens is 202 g/mol. The minimum absolute atomic E-state index is 0.0547. The molecule has 1 amide bonds. The predicted molar refractivity (Wildman–Crippen MR) is 65.6 cm³/mol. The van der Waals surface area contributed by atoms with E-state index in [0.717, 1.165) is 5.69 Å². The smallest absolute Gasteiger partial charge is 0.252 e. The van der Waals surface area contributed by atoms with Crippen LogP contribution in [0.1, 0.15) is 26.3 Å². The number of anilines is 1. The van der Waals surface area contributed by atoms with Crippen LogP contribution in [0.15, 0.2) is 24.3 Å². The molecule has 0 aromatic heterocycles. The van der Waals surface area contributed by atoms with Gasteiger partial charge in [-0.15, -0.1) is 0 Å². The number of aliphatic hydroxyl groups is 1. The highest BCUT2D eigenvalue weighted by Crippen LogP contribution is 2.25. The van der Waals surface area contributed by atoms with E-state index in [4.69, 9.17) is 5.11 Å². The maximum Gasteiger partial charge on any atom is 0.252 e. The minimum atomic E-state index is -0.462. The van der Waals surface area contributed by atoms with Crippen molar-refractivity contribution in [2.24, 2.45) is 0 Å². The van der Waals surface area contributed by atoms with E-state index in [0.29, 0.717) is 0 Å². The maximum absolute atomic E-state index is 11.3. The third kappa shape index (κ3) is 2.83. The van der Waals surface area contributed by atoms with E-state index in [2.05, 4.69) is 20.8 Å². The minimum Gasteiger partial charge on any atom is -0.387 e. The first-order valence-electron chi connectivity index (χ1n) is 5.34. The van der Waals surface area contributed by atoms with Crippen LogP contribution in [0, 0.1) is 0 Å². The Morgan fingerprint density at radius 1 is 1.38 bits per heavy atom. The first-order valence-corrected chi connectivity index (χ1v) is 5.34. The van der Waals surface area contributed by atoms with Crippen LogP contribution in [0.5, 0.6) is 0 Å². The Morgan fingerprint density at radius 2 is 2.00 bits per heavy atom. The van der Waals surface area contributed by atoms with Crippen molar-refractivity contribution in [1.82, 2.24) is 0 Å². The van der Waals surface area contributed by atoms with Crippen molar-refractivity contribution in [3.05, 3.63) is 29.8 Å². The number of aliphatic hydroxyl groups excluding tert-OH is 1. The Hall–Kier alpha value is -1.35. The summed E-state index contributed by atoms with van der Waals surface area (Å²) in [6.45, 7) is 5.91. The number of hydrogen-bond acceptors (Lipinski definition) is 2. The zero-order valence-corrected chi connectivity index (χ0v) is 10.3. The average molecular weight is 221 g/mol. The van der Waals surface area contributed by atoms with E-state index >= 15 is 0 Å². The molecule has 3 nitrogen and oxygen atoms in total. The largest absolute Gasteiger partial charge is 0.387 e. The molecule has 0 aliphatic rings. The zero-order valence-electron chi connectivity index (χ0n) is 10.3. The van der Waals surface area contributed by atoms with Crippen LogP contribution in [-0.4, -0.2) is 24.7 Å². The van der Waals surface area contributed by atoms with Gasteiger partial charge in [-0.1, -0.05) is 32.9 Å². The number of benzene rings is 1. The molecule has 0 saturated carbocycles. The number of carbonyl (C=O) groups excluding carboxylic acids is 1. The molecule has 0 spiro atoms. The molecule has 1 aromatic rings. The highest BCUT2D eigenvalue weighted by atomic mass is 16.3. The van der Waals surface area contributed by atoms with Gasteiger partial charge in [0.05, 0.1) is 0 Å². The molecule has 0 unspecified atom stereocenters. The van der Waals surface area contributed by atoms with Gasteiger partial charge in [0.1, 0.15) is 6.61 Å². The van der Waals surface area contributed by atoms with Crippen LogP contribution in [0.2, 0.25) is 0 Å². The van der Waals surface area contributed by atoms with Crippen LogP contribution < -0.4 is 4.90 Å². The van der Waals surface area contributed by atoms with Gasteiger partial charge in [0.15, 0.2) is 0 Å². The highest BCUT2D eigenvalue weighted by Gasteiger charge is 2.16. The summed E-state index contributed by atoms with van der Waals surface area (Å²) in [5, 5.41) is 8.80. The van der Waals surface area contributed by atoms with Gasteiger partial charge in [-0.25, -0.2) is 0 Å². The number of rotatable bonds is 2. The summed E-state index contributed by atoms with van der Waals surface area (Å²) < 4.78 is 0. The molecular formula is C13H19NO2. The summed E-state index contributed by atoms with van der Waals surface area (Å²) in [4.78, 5) is 12.8. The van der Waals surface area contributed by atoms with Gasteiger partial charge in [-0.2, -0.15) is 0 Å². The standard InChI is InChI=1S/C13H19NO2/c1-13(2,3)10-6-5-7-11(8-10)14(4)12(16)9-15/h5-8,15H,9H2,1-4H3. The lowest BCUT2D eigenvalue weighted by Gasteiger charge is -2.22. The lowest BCUT2D eigenvalue weighted by molar-refractivity contribution is -0.120. The molecule has 0 heterocycles. The molecule has 0 fully saturated rings. The van der Waals surface area contributed by atoms with E-state index in [1.54, 1.807) is 7.05 Å². The predicted octanol–water partition coefficient (Wildman–Crippen LogP) is 1.94. The third-order valence-electron chi connectivity index (χ3n) is 2.61. The maximum atomic E-state index is 11.3. The fraction of sp³-hybridized carbons (Fsp3) is 0.462. The Labute approximate surface area is 96.7 Å². The van der Waals surface area contributed by atoms with Gasteiger partial charge in [-0.05, 0) is 23.1 Å². The first-order chi connectivity index (χ1) is 7.36. The highest BCUT2D eigenvalue weighted by molar-refractivity contribution is 5.93. The van der Waals surface area contributed by atoms with Crippen molar-refractivity contribution in [2.75, 3.05) is 18.6 Å². The molecule has 16 heavy (non-hydrogen) atoms. The van der Waals surface area contributed by atoms with Crippen molar-refractivity contribution in [3.63, 3.8) is 0 Å². The lowest BCUT2D eigenvalue weighted by atomic mass is 9.87. The van der Waals surface area contributed by atoms with E-state index in [1.807, 2.05) is 24.3 Å². The number of hydrogen-bond donors (Lipinski definition) is 1. The normalized spacial score (nSPS) is 11.3.